The Morgan fingerprint density at radius 3 is 2.78 bits per heavy atom. The maximum atomic E-state index is 13.1. The second-order valence-electron chi connectivity index (χ2n) is 5.50. The third-order valence-corrected chi connectivity index (χ3v) is 3.82. The molecular formula is C17H17FN2O3. The Hall–Kier alpha value is -2.47. The number of hydrogen-bond donors (Lipinski definition) is 2. The van der Waals surface area contributed by atoms with Crippen molar-refractivity contribution in [2.24, 2.45) is 4.99 Å². The minimum atomic E-state index is -0.596. The molecule has 23 heavy (non-hydrogen) atoms. The van der Waals surface area contributed by atoms with E-state index >= 15 is 0 Å². The van der Waals surface area contributed by atoms with Crippen LogP contribution in [0.25, 0.3) is 0 Å². The van der Waals surface area contributed by atoms with Crippen molar-refractivity contribution >= 4 is 5.71 Å². The third-order valence-electron chi connectivity index (χ3n) is 3.82. The standard InChI is InChI=1S/C17H17FN2O3/c1-10-8-15(21)16(17(22)23-10)14-9-13(19-6-7-20-14)11-2-4-12(18)5-3-11/h2-5,8,13,19,21H,6-7,9H2,1H3. The number of aromatic hydroxyl groups is 1. The molecule has 1 aliphatic rings. The molecule has 0 bridgehead atoms. The average Bonchev–Trinajstić information content (AvgIpc) is 2.73. The van der Waals surface area contributed by atoms with Crippen molar-refractivity contribution in [2.75, 3.05) is 13.1 Å². The fraction of sp³-hybridized carbons (Fsp3) is 0.294. The normalized spacial score (nSPS) is 18.3. The Morgan fingerprint density at radius 1 is 1.35 bits per heavy atom. The molecule has 0 saturated carbocycles. The molecule has 0 radical (unpaired) electrons. The molecule has 2 heterocycles. The molecule has 2 aromatic rings. The number of hydrogen-bond acceptors (Lipinski definition) is 5. The zero-order valence-corrected chi connectivity index (χ0v) is 12.7. The molecule has 5 nitrogen and oxygen atoms in total. The van der Waals surface area contributed by atoms with Gasteiger partial charge in [0.1, 0.15) is 22.9 Å². The third kappa shape index (κ3) is 3.32. The van der Waals surface area contributed by atoms with Crippen molar-refractivity contribution < 1.29 is 13.9 Å². The number of nitrogens with zero attached hydrogens (tertiary/aromatic N) is 1. The zero-order chi connectivity index (χ0) is 16.4. The second-order valence-corrected chi connectivity index (χ2v) is 5.50. The summed E-state index contributed by atoms with van der Waals surface area (Å²) in [4.78, 5) is 16.5. The first-order valence-corrected chi connectivity index (χ1v) is 7.41. The number of nitrogens with one attached hydrogen (secondary N) is 1. The SMILES string of the molecule is Cc1cc(O)c(C2=NCCNC(c3ccc(F)cc3)C2)c(=O)o1. The van der Waals surface area contributed by atoms with Gasteiger partial charge in [-0.1, -0.05) is 12.1 Å². The molecule has 0 aliphatic carbocycles. The van der Waals surface area contributed by atoms with Crippen molar-refractivity contribution in [3.63, 3.8) is 0 Å². The van der Waals surface area contributed by atoms with Gasteiger partial charge in [-0.05, 0) is 24.6 Å². The lowest BCUT2D eigenvalue weighted by atomic mass is 9.98. The summed E-state index contributed by atoms with van der Waals surface area (Å²) in [5.41, 5.74) is 0.903. The van der Waals surface area contributed by atoms with Gasteiger partial charge in [-0.3, -0.25) is 4.99 Å². The van der Waals surface area contributed by atoms with Crippen LogP contribution < -0.4 is 10.9 Å². The molecule has 2 N–H and O–H groups in total. The molecule has 1 aliphatic heterocycles. The van der Waals surface area contributed by atoms with Crippen molar-refractivity contribution in [1.29, 1.82) is 0 Å². The Kier molecular flexibility index (Phi) is 4.25. The van der Waals surface area contributed by atoms with Crippen LogP contribution in [-0.4, -0.2) is 23.9 Å². The number of halogens is 1. The highest BCUT2D eigenvalue weighted by molar-refractivity contribution is 6.02. The fourth-order valence-corrected chi connectivity index (χ4v) is 2.73. The van der Waals surface area contributed by atoms with Gasteiger partial charge in [0.25, 0.3) is 0 Å². The van der Waals surface area contributed by atoms with Crippen LogP contribution >= 0.6 is 0 Å². The number of aliphatic imine (C=N–C) groups is 1. The molecule has 120 valence electrons. The summed E-state index contributed by atoms with van der Waals surface area (Å²) in [6.07, 6.45) is 0.410. The largest absolute Gasteiger partial charge is 0.507 e. The van der Waals surface area contributed by atoms with Gasteiger partial charge < -0.3 is 14.8 Å². The van der Waals surface area contributed by atoms with Gasteiger partial charge in [0.05, 0.1) is 12.3 Å². The molecule has 1 aromatic heterocycles. The molecule has 1 atom stereocenters. The van der Waals surface area contributed by atoms with E-state index in [2.05, 4.69) is 10.3 Å². The van der Waals surface area contributed by atoms with Gasteiger partial charge in [-0.25, -0.2) is 9.18 Å². The first kappa shape index (κ1) is 15.4. The van der Waals surface area contributed by atoms with E-state index in [1.54, 1.807) is 19.1 Å². The van der Waals surface area contributed by atoms with Crippen LogP contribution in [0, 0.1) is 12.7 Å². The maximum absolute atomic E-state index is 13.1. The quantitative estimate of drug-likeness (QED) is 0.891. The van der Waals surface area contributed by atoms with E-state index in [1.807, 2.05) is 0 Å². The Bertz CT molecular complexity index is 796. The number of rotatable bonds is 2. The van der Waals surface area contributed by atoms with Crippen LogP contribution in [-0.2, 0) is 0 Å². The lowest BCUT2D eigenvalue weighted by Gasteiger charge is -2.17. The average molecular weight is 316 g/mol. The lowest BCUT2D eigenvalue weighted by Crippen LogP contribution is -2.24. The summed E-state index contributed by atoms with van der Waals surface area (Å²) in [6, 6.07) is 7.50. The first-order chi connectivity index (χ1) is 11.0. The van der Waals surface area contributed by atoms with Crippen molar-refractivity contribution in [1.82, 2.24) is 5.32 Å². The molecule has 0 fully saturated rings. The molecule has 0 saturated heterocycles. The molecular weight excluding hydrogens is 299 g/mol. The van der Waals surface area contributed by atoms with E-state index in [4.69, 9.17) is 4.42 Å². The van der Waals surface area contributed by atoms with E-state index in [0.29, 0.717) is 31.0 Å². The molecule has 0 amide bonds. The van der Waals surface area contributed by atoms with E-state index in [0.717, 1.165) is 5.56 Å². The molecule has 6 heteroatoms. The predicted molar refractivity (Wildman–Crippen MR) is 84.5 cm³/mol. The highest BCUT2D eigenvalue weighted by Gasteiger charge is 2.23. The maximum Gasteiger partial charge on any atom is 0.348 e. The van der Waals surface area contributed by atoms with Crippen molar-refractivity contribution in [3.05, 3.63) is 63.5 Å². The van der Waals surface area contributed by atoms with E-state index in [9.17, 15) is 14.3 Å². The predicted octanol–water partition coefficient (Wildman–Crippen LogP) is 2.32. The summed E-state index contributed by atoms with van der Waals surface area (Å²) < 4.78 is 18.2. The Labute approximate surface area is 132 Å². The van der Waals surface area contributed by atoms with Gasteiger partial charge in [-0.2, -0.15) is 0 Å². The molecule has 3 rings (SSSR count). The first-order valence-electron chi connectivity index (χ1n) is 7.41. The lowest BCUT2D eigenvalue weighted by molar-refractivity contribution is 0.432. The molecule has 1 aromatic carbocycles. The van der Waals surface area contributed by atoms with Gasteiger partial charge >= 0.3 is 5.63 Å². The highest BCUT2D eigenvalue weighted by Crippen LogP contribution is 2.24. The molecule has 1 unspecified atom stereocenters. The fourth-order valence-electron chi connectivity index (χ4n) is 2.73. The summed E-state index contributed by atoms with van der Waals surface area (Å²) >= 11 is 0. The van der Waals surface area contributed by atoms with Gasteiger partial charge in [-0.15, -0.1) is 0 Å². The zero-order valence-electron chi connectivity index (χ0n) is 12.7. The van der Waals surface area contributed by atoms with E-state index in [-0.39, 0.29) is 23.2 Å². The number of aryl methyl sites for hydroxylation is 1. The van der Waals surface area contributed by atoms with Crippen LogP contribution in [0.15, 0.2) is 44.5 Å². The minimum Gasteiger partial charge on any atom is -0.507 e. The van der Waals surface area contributed by atoms with Gasteiger partial charge in [0.2, 0.25) is 0 Å². The Morgan fingerprint density at radius 2 is 2.09 bits per heavy atom. The van der Waals surface area contributed by atoms with Crippen molar-refractivity contribution in [2.45, 2.75) is 19.4 Å². The summed E-state index contributed by atoms with van der Waals surface area (Å²) in [5, 5.41) is 13.4. The molecule has 0 spiro atoms. The Balaban J connectivity index is 1.95. The van der Waals surface area contributed by atoms with Gasteiger partial charge in [0.15, 0.2) is 0 Å². The van der Waals surface area contributed by atoms with Crippen LogP contribution in [0.1, 0.15) is 29.3 Å². The van der Waals surface area contributed by atoms with Gasteiger partial charge in [0, 0.05) is 25.1 Å². The van der Waals surface area contributed by atoms with Crippen LogP contribution in [0.3, 0.4) is 0 Å². The topological polar surface area (TPSA) is 74.8 Å². The monoisotopic (exact) mass is 316 g/mol. The highest BCUT2D eigenvalue weighted by atomic mass is 19.1. The summed E-state index contributed by atoms with van der Waals surface area (Å²) in [7, 11) is 0. The van der Waals surface area contributed by atoms with Crippen LogP contribution in [0.2, 0.25) is 0 Å². The second kappa shape index (κ2) is 6.34. The van der Waals surface area contributed by atoms with Crippen LogP contribution in [0.4, 0.5) is 4.39 Å². The van der Waals surface area contributed by atoms with E-state index < -0.39 is 5.63 Å². The van der Waals surface area contributed by atoms with Crippen molar-refractivity contribution in [3.8, 4) is 5.75 Å². The number of benzene rings is 1. The smallest absolute Gasteiger partial charge is 0.348 e. The minimum absolute atomic E-state index is 0.103. The van der Waals surface area contributed by atoms with Crippen LogP contribution in [0.5, 0.6) is 5.75 Å². The summed E-state index contributed by atoms with van der Waals surface area (Å²) in [6.45, 7) is 2.71. The summed E-state index contributed by atoms with van der Waals surface area (Å²) in [5.74, 6) is -0.0796. The van der Waals surface area contributed by atoms with E-state index in [1.165, 1.54) is 18.2 Å².